The van der Waals surface area contributed by atoms with Gasteiger partial charge in [0.05, 0.1) is 12.8 Å². The van der Waals surface area contributed by atoms with E-state index in [4.69, 9.17) is 4.74 Å². The third-order valence-corrected chi connectivity index (χ3v) is 3.42. The standard InChI is InChI=1S/C15H19FN2O3/c1-15(2,3)9-7-12(21-4)11(8-10(9)16)18-6-5-13(19)17-14(18)20/h7-8H,5-6H2,1-4H3,(H,17,19,20). The summed E-state index contributed by atoms with van der Waals surface area (Å²) in [5, 5.41) is 2.21. The highest BCUT2D eigenvalue weighted by Crippen LogP contribution is 2.36. The zero-order chi connectivity index (χ0) is 15.8. The van der Waals surface area contributed by atoms with Gasteiger partial charge >= 0.3 is 6.03 Å². The molecule has 0 spiro atoms. The Balaban J connectivity index is 2.47. The number of hydrogen-bond acceptors (Lipinski definition) is 3. The van der Waals surface area contributed by atoms with Gasteiger partial charge in [-0.3, -0.25) is 15.0 Å². The maximum atomic E-state index is 14.3. The highest BCUT2D eigenvalue weighted by Gasteiger charge is 2.29. The van der Waals surface area contributed by atoms with E-state index in [9.17, 15) is 14.0 Å². The minimum Gasteiger partial charge on any atom is -0.495 e. The Morgan fingerprint density at radius 2 is 1.95 bits per heavy atom. The van der Waals surface area contributed by atoms with Gasteiger partial charge in [-0.05, 0) is 17.0 Å². The average molecular weight is 294 g/mol. The van der Waals surface area contributed by atoms with Gasteiger partial charge < -0.3 is 4.74 Å². The van der Waals surface area contributed by atoms with Crippen LogP contribution in [0.1, 0.15) is 32.8 Å². The van der Waals surface area contributed by atoms with E-state index in [0.717, 1.165) is 0 Å². The molecule has 2 rings (SSSR count). The number of methoxy groups -OCH3 is 1. The second-order valence-electron chi connectivity index (χ2n) is 6.01. The first-order chi connectivity index (χ1) is 9.74. The number of rotatable bonds is 2. The molecule has 0 aliphatic carbocycles. The highest BCUT2D eigenvalue weighted by atomic mass is 19.1. The summed E-state index contributed by atoms with van der Waals surface area (Å²) in [6.07, 6.45) is 0.178. The van der Waals surface area contributed by atoms with Crippen LogP contribution in [-0.4, -0.2) is 25.6 Å². The highest BCUT2D eigenvalue weighted by molar-refractivity contribution is 6.06. The molecule has 1 aliphatic rings. The van der Waals surface area contributed by atoms with E-state index in [0.29, 0.717) is 17.0 Å². The predicted octanol–water partition coefficient (Wildman–Crippen LogP) is 2.58. The summed E-state index contributed by atoms with van der Waals surface area (Å²) < 4.78 is 19.6. The molecule has 1 fully saturated rings. The molecule has 0 saturated carbocycles. The van der Waals surface area contributed by atoms with Crippen LogP contribution < -0.4 is 15.0 Å². The van der Waals surface area contributed by atoms with Crippen LogP contribution in [0.3, 0.4) is 0 Å². The molecular weight excluding hydrogens is 275 g/mol. The second kappa shape index (κ2) is 5.35. The Morgan fingerprint density at radius 3 is 2.48 bits per heavy atom. The topological polar surface area (TPSA) is 58.6 Å². The van der Waals surface area contributed by atoms with Crippen molar-refractivity contribution < 1.29 is 18.7 Å². The molecule has 0 bridgehead atoms. The Morgan fingerprint density at radius 1 is 1.29 bits per heavy atom. The molecule has 1 N–H and O–H groups in total. The SMILES string of the molecule is COc1cc(C(C)(C)C)c(F)cc1N1CCC(=O)NC1=O. The summed E-state index contributed by atoms with van der Waals surface area (Å²) in [5.74, 6) is -0.323. The number of nitrogens with one attached hydrogen (secondary N) is 1. The van der Waals surface area contributed by atoms with Crippen LogP contribution in [0.25, 0.3) is 0 Å². The number of halogens is 1. The molecule has 1 heterocycles. The molecule has 114 valence electrons. The number of urea groups is 1. The number of carbonyl (C=O) groups excluding carboxylic acids is 2. The lowest BCUT2D eigenvalue weighted by Gasteiger charge is -2.29. The van der Waals surface area contributed by atoms with E-state index < -0.39 is 11.8 Å². The van der Waals surface area contributed by atoms with Gasteiger partial charge in [0.15, 0.2) is 0 Å². The molecule has 21 heavy (non-hydrogen) atoms. The lowest BCUT2D eigenvalue weighted by molar-refractivity contribution is -0.120. The third kappa shape index (κ3) is 2.99. The number of benzene rings is 1. The van der Waals surface area contributed by atoms with Crippen LogP contribution in [0.2, 0.25) is 0 Å². The molecule has 1 aromatic rings. The summed E-state index contributed by atoms with van der Waals surface area (Å²) in [4.78, 5) is 24.4. The Bertz CT molecular complexity index is 593. The molecule has 1 saturated heterocycles. The fraction of sp³-hybridized carbons (Fsp3) is 0.467. The number of anilines is 1. The molecule has 0 unspecified atom stereocenters. The van der Waals surface area contributed by atoms with Crippen molar-refractivity contribution in [3.05, 3.63) is 23.5 Å². The number of nitrogens with zero attached hydrogens (tertiary/aromatic N) is 1. The third-order valence-electron chi connectivity index (χ3n) is 3.42. The van der Waals surface area contributed by atoms with Crippen molar-refractivity contribution in [2.24, 2.45) is 0 Å². The van der Waals surface area contributed by atoms with E-state index in [1.54, 1.807) is 6.07 Å². The van der Waals surface area contributed by atoms with Crippen molar-refractivity contribution in [2.75, 3.05) is 18.6 Å². The first-order valence-electron chi connectivity index (χ1n) is 6.73. The molecule has 5 nitrogen and oxygen atoms in total. The normalized spacial score (nSPS) is 16.0. The molecular formula is C15H19FN2O3. The predicted molar refractivity (Wildman–Crippen MR) is 77.2 cm³/mol. The number of ether oxygens (including phenoxy) is 1. The molecule has 0 aromatic heterocycles. The van der Waals surface area contributed by atoms with Crippen molar-refractivity contribution in [2.45, 2.75) is 32.6 Å². The van der Waals surface area contributed by atoms with Gasteiger partial charge in [0.1, 0.15) is 11.6 Å². The average Bonchev–Trinajstić information content (AvgIpc) is 2.37. The van der Waals surface area contributed by atoms with E-state index in [1.807, 2.05) is 20.8 Å². The summed E-state index contributed by atoms with van der Waals surface area (Å²) >= 11 is 0. The van der Waals surface area contributed by atoms with Crippen LogP contribution in [0.4, 0.5) is 14.9 Å². The smallest absolute Gasteiger partial charge is 0.328 e. The molecule has 0 radical (unpaired) electrons. The first kappa shape index (κ1) is 15.3. The Labute approximate surface area is 123 Å². The maximum absolute atomic E-state index is 14.3. The Hall–Kier alpha value is -2.11. The van der Waals surface area contributed by atoms with Crippen LogP contribution in [0.5, 0.6) is 5.75 Å². The van der Waals surface area contributed by atoms with Crippen LogP contribution in [0.15, 0.2) is 12.1 Å². The zero-order valence-electron chi connectivity index (χ0n) is 12.6. The van der Waals surface area contributed by atoms with Crippen molar-refractivity contribution in [3.8, 4) is 5.75 Å². The van der Waals surface area contributed by atoms with Crippen molar-refractivity contribution >= 4 is 17.6 Å². The van der Waals surface area contributed by atoms with Crippen molar-refractivity contribution in [1.29, 1.82) is 0 Å². The maximum Gasteiger partial charge on any atom is 0.328 e. The number of carbonyl (C=O) groups is 2. The van der Waals surface area contributed by atoms with Crippen LogP contribution in [-0.2, 0) is 10.2 Å². The van der Waals surface area contributed by atoms with Gasteiger partial charge in [-0.2, -0.15) is 0 Å². The minimum atomic E-state index is -0.563. The number of hydrogen-bond donors (Lipinski definition) is 1. The first-order valence-corrected chi connectivity index (χ1v) is 6.73. The molecule has 0 atom stereocenters. The van der Waals surface area contributed by atoms with Crippen molar-refractivity contribution in [1.82, 2.24) is 5.32 Å². The quantitative estimate of drug-likeness (QED) is 0.912. The van der Waals surface area contributed by atoms with Gasteiger partial charge in [-0.15, -0.1) is 0 Å². The van der Waals surface area contributed by atoms with E-state index in [2.05, 4.69) is 5.32 Å². The molecule has 1 aromatic carbocycles. The molecule has 3 amide bonds. The fourth-order valence-electron chi connectivity index (χ4n) is 2.29. The van der Waals surface area contributed by atoms with E-state index >= 15 is 0 Å². The number of imide groups is 1. The van der Waals surface area contributed by atoms with Crippen LogP contribution >= 0.6 is 0 Å². The van der Waals surface area contributed by atoms with Gasteiger partial charge in [0.25, 0.3) is 0 Å². The van der Waals surface area contributed by atoms with Gasteiger partial charge in [-0.25, -0.2) is 9.18 Å². The van der Waals surface area contributed by atoms with Gasteiger partial charge in [0, 0.05) is 19.0 Å². The zero-order valence-corrected chi connectivity index (χ0v) is 12.6. The largest absolute Gasteiger partial charge is 0.495 e. The fourth-order valence-corrected chi connectivity index (χ4v) is 2.29. The monoisotopic (exact) mass is 294 g/mol. The minimum absolute atomic E-state index is 0.178. The lowest BCUT2D eigenvalue weighted by atomic mass is 9.86. The summed E-state index contributed by atoms with van der Waals surface area (Å²) in [7, 11) is 1.47. The van der Waals surface area contributed by atoms with E-state index in [-0.39, 0.29) is 24.3 Å². The van der Waals surface area contributed by atoms with Crippen molar-refractivity contribution in [3.63, 3.8) is 0 Å². The second-order valence-corrected chi connectivity index (χ2v) is 6.01. The molecule has 1 aliphatic heterocycles. The Kier molecular flexibility index (Phi) is 3.89. The summed E-state index contributed by atoms with van der Waals surface area (Å²) in [5.41, 5.74) is 0.459. The number of amides is 3. The van der Waals surface area contributed by atoms with Gasteiger partial charge in [0.2, 0.25) is 5.91 Å². The van der Waals surface area contributed by atoms with E-state index in [1.165, 1.54) is 18.1 Å². The van der Waals surface area contributed by atoms with Crippen LogP contribution in [0, 0.1) is 5.82 Å². The van der Waals surface area contributed by atoms with Gasteiger partial charge in [-0.1, -0.05) is 20.8 Å². The lowest BCUT2D eigenvalue weighted by Crippen LogP contribution is -2.49. The molecule has 6 heteroatoms. The summed E-state index contributed by atoms with van der Waals surface area (Å²) in [6.45, 7) is 5.90. The summed E-state index contributed by atoms with van der Waals surface area (Å²) in [6, 6.07) is 2.33.